The molecule has 2 fully saturated rings. The maximum Gasteiger partial charge on any atom is 0.235 e. The smallest absolute Gasteiger partial charge is 0.235 e. The van der Waals surface area contributed by atoms with Crippen LogP contribution < -0.4 is 10.2 Å². The molecule has 2 aromatic carbocycles. The summed E-state index contributed by atoms with van der Waals surface area (Å²) in [5.74, 6) is 1.35. The van der Waals surface area contributed by atoms with E-state index in [4.69, 9.17) is 0 Å². The predicted molar refractivity (Wildman–Crippen MR) is 143 cm³/mol. The van der Waals surface area contributed by atoms with Crippen molar-refractivity contribution in [2.75, 3.05) is 43.4 Å². The Balaban J connectivity index is 1.09. The van der Waals surface area contributed by atoms with Crippen LogP contribution in [0, 0.1) is 0 Å². The topological polar surface area (TPSA) is 77.1 Å². The van der Waals surface area contributed by atoms with E-state index in [9.17, 15) is 4.79 Å². The molecule has 3 aliphatic rings. The Labute approximate surface area is 209 Å². The molecule has 1 amide bonds. The first-order valence-electron chi connectivity index (χ1n) is 12.6. The SMILES string of the molecule is CN1CCN(c2ccc(C=Cc3n[nH]c4cc([C@@H]5C[C@@]56C(=O)Nc5ccccc56)ccc34)cn2)CC1. The summed E-state index contributed by atoms with van der Waals surface area (Å²) in [5.41, 5.74) is 5.77. The number of benzene rings is 2. The molecule has 4 heterocycles. The predicted octanol–water partition coefficient (Wildman–Crippen LogP) is 4.26. The van der Waals surface area contributed by atoms with Crippen LogP contribution in [-0.2, 0) is 10.2 Å². The Morgan fingerprint density at radius 2 is 1.89 bits per heavy atom. The number of rotatable bonds is 4. The highest BCUT2D eigenvalue weighted by Gasteiger charge is 2.65. The maximum absolute atomic E-state index is 12.9. The Kier molecular flexibility index (Phi) is 4.76. The molecule has 0 radical (unpaired) electrons. The van der Waals surface area contributed by atoms with Crippen LogP contribution in [0.5, 0.6) is 0 Å². The molecule has 1 spiro atoms. The summed E-state index contributed by atoms with van der Waals surface area (Å²) in [6.07, 6.45) is 6.86. The molecule has 2 N–H and O–H groups in total. The van der Waals surface area contributed by atoms with Gasteiger partial charge in [-0.05, 0) is 60.5 Å². The standard InChI is InChI=1S/C29H28N6O/c1-34-12-14-35(15-13-34)27-11-7-19(18-30-27)6-10-24-21-9-8-20(16-26(21)33-32-24)23-17-29(23)22-4-2-3-5-25(22)31-28(29)36/h2-11,16,18,23H,12-15,17H2,1H3,(H,31,36)(H,32,33)/t23-,29-/m0/s1. The number of nitrogens with zero attached hydrogens (tertiary/aromatic N) is 4. The number of amides is 1. The van der Waals surface area contributed by atoms with Crippen molar-refractivity contribution >= 4 is 40.5 Å². The molecule has 2 aromatic heterocycles. The van der Waals surface area contributed by atoms with Crippen molar-refractivity contribution in [3.8, 4) is 0 Å². The Hall–Kier alpha value is -3.97. The van der Waals surface area contributed by atoms with Gasteiger partial charge in [0.05, 0.1) is 16.6 Å². The molecule has 7 rings (SSSR count). The maximum atomic E-state index is 12.9. The first-order chi connectivity index (χ1) is 17.6. The van der Waals surface area contributed by atoms with Crippen LogP contribution in [-0.4, -0.2) is 59.2 Å². The van der Waals surface area contributed by atoms with Gasteiger partial charge in [0, 0.05) is 49.4 Å². The number of likely N-dealkylation sites (N-methyl/N-ethyl adjacent to an activating group) is 1. The number of fused-ring (bicyclic) bond motifs is 3. The molecule has 0 bridgehead atoms. The Morgan fingerprint density at radius 3 is 2.72 bits per heavy atom. The molecule has 4 aromatic rings. The van der Waals surface area contributed by atoms with E-state index in [1.165, 1.54) is 5.56 Å². The minimum Gasteiger partial charge on any atom is -0.354 e. The number of carbonyl (C=O) groups excluding carboxylic acids is 1. The van der Waals surface area contributed by atoms with Crippen molar-refractivity contribution in [2.24, 2.45) is 0 Å². The van der Waals surface area contributed by atoms with Gasteiger partial charge in [-0.25, -0.2) is 4.98 Å². The molecule has 1 saturated heterocycles. The van der Waals surface area contributed by atoms with Gasteiger partial charge in [0.1, 0.15) is 5.82 Å². The normalized spacial score (nSPS) is 23.5. The lowest BCUT2D eigenvalue weighted by atomic mass is 9.92. The van der Waals surface area contributed by atoms with Gasteiger partial charge in [0.15, 0.2) is 0 Å². The summed E-state index contributed by atoms with van der Waals surface area (Å²) in [5, 5.41) is 11.9. The molecular formula is C29H28N6O. The van der Waals surface area contributed by atoms with Crippen molar-refractivity contribution in [3.63, 3.8) is 0 Å². The number of nitrogens with one attached hydrogen (secondary N) is 2. The highest BCUT2D eigenvalue weighted by molar-refractivity contribution is 6.09. The van der Waals surface area contributed by atoms with Gasteiger partial charge >= 0.3 is 0 Å². The lowest BCUT2D eigenvalue weighted by Gasteiger charge is -2.33. The number of aromatic amines is 1. The van der Waals surface area contributed by atoms with Crippen LogP contribution in [0.3, 0.4) is 0 Å². The van der Waals surface area contributed by atoms with Crippen molar-refractivity contribution in [1.82, 2.24) is 20.1 Å². The lowest BCUT2D eigenvalue weighted by molar-refractivity contribution is -0.118. The first kappa shape index (κ1) is 21.3. The average Bonchev–Trinajstić information content (AvgIpc) is 3.44. The van der Waals surface area contributed by atoms with E-state index in [0.29, 0.717) is 0 Å². The summed E-state index contributed by atoms with van der Waals surface area (Å²) in [4.78, 5) is 22.2. The molecular weight excluding hydrogens is 448 g/mol. The molecule has 7 heteroatoms. The molecule has 2 aliphatic heterocycles. The zero-order valence-electron chi connectivity index (χ0n) is 20.2. The number of hydrogen-bond acceptors (Lipinski definition) is 5. The van der Waals surface area contributed by atoms with Crippen molar-refractivity contribution in [2.45, 2.75) is 17.8 Å². The summed E-state index contributed by atoms with van der Waals surface area (Å²) in [6.45, 7) is 4.16. The summed E-state index contributed by atoms with van der Waals surface area (Å²) < 4.78 is 0. The number of carbonyl (C=O) groups is 1. The van der Waals surface area contributed by atoms with Crippen LogP contribution in [0.25, 0.3) is 23.1 Å². The Bertz CT molecular complexity index is 1500. The van der Waals surface area contributed by atoms with E-state index >= 15 is 0 Å². The van der Waals surface area contributed by atoms with Gasteiger partial charge in [-0.15, -0.1) is 0 Å². The van der Waals surface area contributed by atoms with Crippen molar-refractivity contribution in [3.05, 3.63) is 83.2 Å². The fourth-order valence-electron chi connectivity index (χ4n) is 5.85. The monoisotopic (exact) mass is 476 g/mol. The van der Waals surface area contributed by atoms with Gasteiger partial charge in [-0.2, -0.15) is 5.10 Å². The van der Waals surface area contributed by atoms with E-state index in [0.717, 1.165) is 71.8 Å². The second-order valence-corrected chi connectivity index (χ2v) is 10.2. The minimum absolute atomic E-state index is 0.120. The van der Waals surface area contributed by atoms with Crippen LogP contribution in [0.2, 0.25) is 0 Å². The second kappa shape index (κ2) is 8.03. The number of aromatic nitrogens is 3. The molecule has 1 saturated carbocycles. The third-order valence-corrected chi connectivity index (χ3v) is 8.07. The van der Waals surface area contributed by atoms with Gasteiger partial charge < -0.3 is 15.1 Å². The van der Waals surface area contributed by atoms with E-state index in [2.05, 4.69) is 79.8 Å². The zero-order chi connectivity index (χ0) is 24.3. The van der Waals surface area contributed by atoms with Crippen molar-refractivity contribution < 1.29 is 4.79 Å². The van der Waals surface area contributed by atoms with E-state index < -0.39 is 5.41 Å². The lowest BCUT2D eigenvalue weighted by Crippen LogP contribution is -2.44. The van der Waals surface area contributed by atoms with Gasteiger partial charge in [-0.1, -0.05) is 36.4 Å². The number of H-pyrrole nitrogens is 1. The van der Waals surface area contributed by atoms with Crippen LogP contribution in [0.15, 0.2) is 60.8 Å². The quantitative estimate of drug-likeness (QED) is 0.460. The average molecular weight is 477 g/mol. The fraction of sp³-hybridized carbons (Fsp3) is 0.276. The van der Waals surface area contributed by atoms with Gasteiger partial charge in [-0.3, -0.25) is 9.89 Å². The summed E-state index contributed by atoms with van der Waals surface area (Å²) in [7, 11) is 2.16. The Morgan fingerprint density at radius 1 is 1.03 bits per heavy atom. The first-order valence-corrected chi connectivity index (χ1v) is 12.6. The summed E-state index contributed by atoms with van der Waals surface area (Å²) in [6, 6.07) is 18.7. The van der Waals surface area contributed by atoms with E-state index in [1.54, 1.807) is 0 Å². The molecule has 1 aliphatic carbocycles. The molecule has 36 heavy (non-hydrogen) atoms. The largest absolute Gasteiger partial charge is 0.354 e. The molecule has 0 unspecified atom stereocenters. The zero-order valence-corrected chi connectivity index (χ0v) is 20.2. The van der Waals surface area contributed by atoms with Crippen LogP contribution >= 0.6 is 0 Å². The number of piperazine rings is 1. The van der Waals surface area contributed by atoms with Crippen molar-refractivity contribution in [1.29, 1.82) is 0 Å². The number of anilines is 2. The highest BCUT2D eigenvalue weighted by atomic mass is 16.2. The van der Waals surface area contributed by atoms with Gasteiger partial charge in [0.25, 0.3) is 0 Å². The highest BCUT2D eigenvalue weighted by Crippen LogP contribution is 2.64. The molecule has 2 atom stereocenters. The fourth-order valence-corrected chi connectivity index (χ4v) is 5.85. The number of hydrogen-bond donors (Lipinski definition) is 2. The van der Waals surface area contributed by atoms with Crippen LogP contribution in [0.4, 0.5) is 11.5 Å². The molecule has 7 nitrogen and oxygen atoms in total. The van der Waals surface area contributed by atoms with Crippen LogP contribution in [0.1, 0.15) is 34.7 Å². The summed E-state index contributed by atoms with van der Waals surface area (Å²) >= 11 is 0. The molecule has 180 valence electrons. The van der Waals surface area contributed by atoms with E-state index in [-0.39, 0.29) is 11.8 Å². The number of pyridine rings is 1. The third kappa shape index (κ3) is 3.34. The van der Waals surface area contributed by atoms with E-state index in [1.807, 2.05) is 30.5 Å². The second-order valence-electron chi connectivity index (χ2n) is 10.2. The minimum atomic E-state index is -0.420. The number of para-hydroxylation sites is 1. The third-order valence-electron chi connectivity index (χ3n) is 8.07. The van der Waals surface area contributed by atoms with Gasteiger partial charge in [0.2, 0.25) is 5.91 Å².